The van der Waals surface area contributed by atoms with Crippen molar-refractivity contribution in [3.8, 4) is 0 Å². The van der Waals surface area contributed by atoms with E-state index in [4.69, 9.17) is 18.0 Å². The molecule has 0 radical (unpaired) electrons. The second-order valence-electron chi connectivity index (χ2n) is 4.37. The Morgan fingerprint density at radius 2 is 1.95 bits per heavy atom. The van der Waals surface area contributed by atoms with Crippen molar-refractivity contribution in [3.63, 3.8) is 0 Å². The summed E-state index contributed by atoms with van der Waals surface area (Å²) in [4.78, 5) is 22.9. The first-order valence-electron chi connectivity index (χ1n) is 6.54. The molecule has 0 heterocycles. The van der Waals surface area contributed by atoms with Crippen LogP contribution in [0.1, 0.15) is 43.0 Å². The summed E-state index contributed by atoms with van der Waals surface area (Å²) in [6.45, 7) is 2.07. The molecule has 0 aliphatic heterocycles. The van der Waals surface area contributed by atoms with Gasteiger partial charge in [-0.15, -0.1) is 0 Å². The predicted octanol–water partition coefficient (Wildman–Crippen LogP) is 2.18. The maximum absolute atomic E-state index is 11.6. The van der Waals surface area contributed by atoms with Crippen LogP contribution in [0.25, 0.3) is 0 Å². The fourth-order valence-electron chi connectivity index (χ4n) is 1.69. The van der Waals surface area contributed by atoms with Crippen LogP contribution in [-0.2, 0) is 4.79 Å². The van der Waals surface area contributed by atoms with Gasteiger partial charge in [0, 0.05) is 6.42 Å². The Hall–Kier alpha value is -1.95. The number of rotatable bonds is 6. The molecule has 0 saturated carbocycles. The smallest absolute Gasteiger partial charge is 0.250 e. The summed E-state index contributed by atoms with van der Waals surface area (Å²) in [6, 6.07) is 6.73. The summed E-state index contributed by atoms with van der Waals surface area (Å²) >= 11 is 5.04. The second kappa shape index (κ2) is 8.27. The number of unbranched alkanes of at least 4 members (excludes halogenated alkanes) is 2. The van der Waals surface area contributed by atoms with E-state index in [0.717, 1.165) is 19.3 Å². The van der Waals surface area contributed by atoms with Crippen LogP contribution >= 0.6 is 12.2 Å². The average molecular weight is 293 g/mol. The molecule has 0 fully saturated rings. The Morgan fingerprint density at radius 3 is 2.60 bits per heavy atom. The van der Waals surface area contributed by atoms with Crippen LogP contribution in [0.4, 0.5) is 5.69 Å². The second-order valence-corrected chi connectivity index (χ2v) is 4.78. The molecule has 108 valence electrons. The van der Waals surface area contributed by atoms with Gasteiger partial charge in [0.2, 0.25) is 5.91 Å². The first kappa shape index (κ1) is 16.1. The number of carbonyl (C=O) groups is 2. The van der Waals surface area contributed by atoms with Crippen molar-refractivity contribution in [3.05, 3.63) is 29.8 Å². The van der Waals surface area contributed by atoms with Gasteiger partial charge in [-0.05, 0) is 30.8 Å². The van der Waals surface area contributed by atoms with E-state index in [0.29, 0.717) is 17.7 Å². The molecular formula is C14H19N3O2S. The molecular weight excluding hydrogens is 274 g/mol. The molecule has 0 saturated heterocycles. The van der Waals surface area contributed by atoms with E-state index in [1.165, 1.54) is 0 Å². The normalized spacial score (nSPS) is 9.85. The van der Waals surface area contributed by atoms with Crippen molar-refractivity contribution in [2.75, 3.05) is 5.32 Å². The average Bonchev–Trinajstić information content (AvgIpc) is 2.39. The van der Waals surface area contributed by atoms with E-state index >= 15 is 0 Å². The molecule has 6 heteroatoms. The van der Waals surface area contributed by atoms with Gasteiger partial charge in [-0.1, -0.05) is 31.9 Å². The highest BCUT2D eigenvalue weighted by Crippen LogP contribution is 2.13. The molecule has 1 aromatic carbocycles. The van der Waals surface area contributed by atoms with Crippen LogP contribution in [0.5, 0.6) is 0 Å². The Labute approximate surface area is 123 Å². The molecule has 1 rings (SSSR count). The predicted molar refractivity (Wildman–Crippen MR) is 83.5 cm³/mol. The quantitative estimate of drug-likeness (QED) is 0.554. The van der Waals surface area contributed by atoms with Gasteiger partial charge < -0.3 is 16.4 Å². The van der Waals surface area contributed by atoms with Crippen molar-refractivity contribution in [1.82, 2.24) is 5.32 Å². The Morgan fingerprint density at radius 1 is 1.25 bits per heavy atom. The third-order valence-electron chi connectivity index (χ3n) is 2.70. The van der Waals surface area contributed by atoms with E-state index in [1.54, 1.807) is 24.3 Å². The SMILES string of the molecule is CCCCCC(=O)NC(=S)Nc1ccccc1C(N)=O. The number of hydrogen-bond acceptors (Lipinski definition) is 3. The van der Waals surface area contributed by atoms with E-state index in [2.05, 4.69) is 17.6 Å². The molecule has 0 aliphatic carbocycles. The van der Waals surface area contributed by atoms with Gasteiger partial charge in [-0.25, -0.2) is 0 Å². The summed E-state index contributed by atoms with van der Waals surface area (Å²) in [6.07, 6.45) is 3.34. The van der Waals surface area contributed by atoms with E-state index in [-0.39, 0.29) is 11.0 Å². The Kier molecular flexibility index (Phi) is 6.66. The van der Waals surface area contributed by atoms with Gasteiger partial charge >= 0.3 is 0 Å². The summed E-state index contributed by atoms with van der Waals surface area (Å²) < 4.78 is 0. The molecule has 0 atom stereocenters. The highest BCUT2D eigenvalue weighted by Gasteiger charge is 2.09. The highest BCUT2D eigenvalue weighted by atomic mass is 32.1. The molecule has 20 heavy (non-hydrogen) atoms. The molecule has 1 aromatic rings. The Bertz CT molecular complexity index is 503. The zero-order valence-corrected chi connectivity index (χ0v) is 12.3. The molecule has 4 N–H and O–H groups in total. The maximum Gasteiger partial charge on any atom is 0.250 e. The topological polar surface area (TPSA) is 84.2 Å². The minimum absolute atomic E-state index is 0.132. The summed E-state index contributed by atoms with van der Waals surface area (Å²) in [7, 11) is 0. The Balaban J connectivity index is 2.54. The lowest BCUT2D eigenvalue weighted by molar-refractivity contribution is -0.119. The van der Waals surface area contributed by atoms with Gasteiger partial charge in [0.25, 0.3) is 5.91 Å². The van der Waals surface area contributed by atoms with E-state index in [9.17, 15) is 9.59 Å². The number of para-hydroxylation sites is 1. The maximum atomic E-state index is 11.6. The lowest BCUT2D eigenvalue weighted by Crippen LogP contribution is -2.34. The van der Waals surface area contributed by atoms with Gasteiger partial charge in [0.15, 0.2) is 5.11 Å². The van der Waals surface area contributed by atoms with Crippen LogP contribution in [0.3, 0.4) is 0 Å². The van der Waals surface area contributed by atoms with Crippen LogP contribution in [0.2, 0.25) is 0 Å². The van der Waals surface area contributed by atoms with Crippen molar-refractivity contribution in [1.29, 1.82) is 0 Å². The van der Waals surface area contributed by atoms with Gasteiger partial charge in [-0.3, -0.25) is 9.59 Å². The molecule has 5 nitrogen and oxygen atoms in total. The minimum atomic E-state index is -0.551. The van der Waals surface area contributed by atoms with Gasteiger partial charge in [0.1, 0.15) is 0 Å². The first-order chi connectivity index (χ1) is 9.54. The number of nitrogens with two attached hydrogens (primary N) is 1. The van der Waals surface area contributed by atoms with Crippen LogP contribution in [0, 0.1) is 0 Å². The fourth-order valence-corrected chi connectivity index (χ4v) is 1.91. The highest BCUT2D eigenvalue weighted by molar-refractivity contribution is 7.80. The third-order valence-corrected chi connectivity index (χ3v) is 2.91. The van der Waals surface area contributed by atoms with Crippen LogP contribution in [0.15, 0.2) is 24.3 Å². The van der Waals surface area contributed by atoms with Crippen LogP contribution < -0.4 is 16.4 Å². The molecule has 0 spiro atoms. The van der Waals surface area contributed by atoms with E-state index in [1.807, 2.05) is 0 Å². The summed E-state index contributed by atoms with van der Waals surface area (Å²) in [5, 5.41) is 5.56. The third kappa shape index (κ3) is 5.36. The molecule has 0 bridgehead atoms. The van der Waals surface area contributed by atoms with Crippen molar-refractivity contribution in [2.45, 2.75) is 32.6 Å². The summed E-state index contributed by atoms with van der Waals surface area (Å²) in [5.74, 6) is -0.683. The molecule has 0 unspecified atom stereocenters. The lowest BCUT2D eigenvalue weighted by atomic mass is 10.1. The number of carbonyl (C=O) groups excluding carboxylic acids is 2. The number of thiocarbonyl (C=S) groups is 1. The lowest BCUT2D eigenvalue weighted by Gasteiger charge is -2.11. The fraction of sp³-hybridized carbons (Fsp3) is 0.357. The zero-order chi connectivity index (χ0) is 15.0. The number of anilines is 1. The number of nitrogens with one attached hydrogen (secondary N) is 2. The van der Waals surface area contributed by atoms with Crippen LogP contribution in [-0.4, -0.2) is 16.9 Å². The number of benzene rings is 1. The summed E-state index contributed by atoms with van der Waals surface area (Å²) in [5.41, 5.74) is 6.08. The van der Waals surface area contributed by atoms with E-state index < -0.39 is 5.91 Å². The van der Waals surface area contributed by atoms with Crippen molar-refractivity contribution in [2.24, 2.45) is 5.73 Å². The van der Waals surface area contributed by atoms with Gasteiger partial charge in [-0.2, -0.15) is 0 Å². The minimum Gasteiger partial charge on any atom is -0.366 e. The largest absolute Gasteiger partial charge is 0.366 e. The van der Waals surface area contributed by atoms with Gasteiger partial charge in [0.05, 0.1) is 11.3 Å². The zero-order valence-electron chi connectivity index (χ0n) is 11.4. The standard InChI is InChI=1S/C14H19N3O2S/c1-2-3-4-9-12(18)17-14(20)16-11-8-6-5-7-10(11)13(15)19/h5-8H,2-4,9H2,1H3,(H2,15,19)(H2,16,17,18,20). The number of primary amides is 1. The van der Waals surface area contributed by atoms with Crippen molar-refractivity contribution >= 4 is 34.8 Å². The number of amides is 2. The molecule has 2 amide bonds. The monoisotopic (exact) mass is 293 g/mol. The van der Waals surface area contributed by atoms with Crippen molar-refractivity contribution < 1.29 is 9.59 Å². The molecule has 0 aromatic heterocycles. The first-order valence-corrected chi connectivity index (χ1v) is 6.95. The number of hydrogen-bond donors (Lipinski definition) is 3. The molecule has 0 aliphatic rings.